The quantitative estimate of drug-likeness (QED) is 0.521. The highest BCUT2D eigenvalue weighted by molar-refractivity contribution is 7.10. The number of aliphatic hydroxyl groups excluding tert-OH is 1. The molecule has 8 heteroatoms. The number of amides is 1. The minimum absolute atomic E-state index is 0.00510. The third-order valence-electron chi connectivity index (χ3n) is 5.68. The zero-order valence-electron chi connectivity index (χ0n) is 18.8. The predicted octanol–water partition coefficient (Wildman–Crippen LogP) is 3.50. The van der Waals surface area contributed by atoms with Crippen molar-refractivity contribution < 1.29 is 23.8 Å². The molecule has 0 radical (unpaired) electrons. The van der Waals surface area contributed by atoms with Gasteiger partial charge >= 0.3 is 0 Å². The van der Waals surface area contributed by atoms with Gasteiger partial charge in [-0.25, -0.2) is 4.39 Å². The SMILES string of the molecule is CCCC(O)CN(CCOC)CC(=O)N1CCc2sccc2C1COc1cccc(F)c1. The van der Waals surface area contributed by atoms with Crippen LogP contribution in [0.4, 0.5) is 4.39 Å². The Kier molecular flexibility index (Phi) is 9.47. The van der Waals surface area contributed by atoms with Crippen molar-refractivity contribution in [3.05, 3.63) is 52.0 Å². The van der Waals surface area contributed by atoms with Crippen LogP contribution in [0.3, 0.4) is 0 Å². The first-order valence-corrected chi connectivity index (χ1v) is 12.0. The van der Waals surface area contributed by atoms with Gasteiger partial charge in [-0.15, -0.1) is 11.3 Å². The van der Waals surface area contributed by atoms with Gasteiger partial charge < -0.3 is 19.5 Å². The summed E-state index contributed by atoms with van der Waals surface area (Å²) in [5, 5.41) is 12.3. The zero-order valence-corrected chi connectivity index (χ0v) is 19.7. The summed E-state index contributed by atoms with van der Waals surface area (Å²) in [7, 11) is 1.63. The summed E-state index contributed by atoms with van der Waals surface area (Å²) in [5.74, 6) is 0.0911. The molecule has 2 heterocycles. The van der Waals surface area contributed by atoms with Gasteiger partial charge in [0.15, 0.2) is 0 Å². The maximum Gasteiger partial charge on any atom is 0.237 e. The Bertz CT molecular complexity index is 862. The fourth-order valence-corrected chi connectivity index (χ4v) is 4.99. The number of carbonyl (C=O) groups excluding carboxylic acids is 1. The number of benzene rings is 1. The summed E-state index contributed by atoms with van der Waals surface area (Å²) in [5.41, 5.74) is 1.10. The van der Waals surface area contributed by atoms with E-state index in [1.807, 2.05) is 28.2 Å². The number of rotatable bonds is 12. The monoisotopic (exact) mass is 464 g/mol. The van der Waals surface area contributed by atoms with E-state index < -0.39 is 6.10 Å². The maximum atomic E-state index is 13.6. The van der Waals surface area contributed by atoms with Crippen LogP contribution in [0.1, 0.15) is 36.2 Å². The first-order valence-electron chi connectivity index (χ1n) is 11.1. The average Bonchev–Trinajstić information content (AvgIpc) is 3.25. The lowest BCUT2D eigenvalue weighted by Gasteiger charge is -2.37. The lowest BCUT2D eigenvalue weighted by Crippen LogP contribution is -2.48. The van der Waals surface area contributed by atoms with Crippen LogP contribution in [0.15, 0.2) is 35.7 Å². The molecule has 0 spiro atoms. The van der Waals surface area contributed by atoms with E-state index >= 15 is 0 Å². The van der Waals surface area contributed by atoms with Crippen molar-refractivity contribution in [2.24, 2.45) is 0 Å². The number of fused-ring (bicyclic) bond motifs is 1. The van der Waals surface area contributed by atoms with Crippen LogP contribution >= 0.6 is 11.3 Å². The molecule has 32 heavy (non-hydrogen) atoms. The van der Waals surface area contributed by atoms with Gasteiger partial charge in [0.25, 0.3) is 0 Å². The Morgan fingerprint density at radius 3 is 3.00 bits per heavy atom. The predicted molar refractivity (Wildman–Crippen MR) is 124 cm³/mol. The van der Waals surface area contributed by atoms with Crippen LogP contribution < -0.4 is 4.74 Å². The van der Waals surface area contributed by atoms with E-state index in [0.717, 1.165) is 18.4 Å². The largest absolute Gasteiger partial charge is 0.491 e. The molecule has 3 rings (SSSR count). The first-order chi connectivity index (χ1) is 15.5. The van der Waals surface area contributed by atoms with Gasteiger partial charge in [0, 0.05) is 37.7 Å². The number of ether oxygens (including phenoxy) is 2. The molecule has 1 aromatic heterocycles. The Morgan fingerprint density at radius 1 is 1.41 bits per heavy atom. The number of aliphatic hydroxyl groups is 1. The minimum atomic E-state index is -0.471. The summed E-state index contributed by atoms with van der Waals surface area (Å²) in [6.45, 7) is 4.61. The Hall–Kier alpha value is -2.00. The van der Waals surface area contributed by atoms with Crippen molar-refractivity contribution >= 4 is 17.2 Å². The number of hydrogen-bond donors (Lipinski definition) is 1. The van der Waals surface area contributed by atoms with Gasteiger partial charge in [0.05, 0.1) is 25.3 Å². The molecule has 1 aliphatic rings. The molecule has 6 nitrogen and oxygen atoms in total. The van der Waals surface area contributed by atoms with Crippen LogP contribution in [-0.2, 0) is 16.0 Å². The Labute approximate surface area is 193 Å². The van der Waals surface area contributed by atoms with Gasteiger partial charge in [-0.05, 0) is 42.0 Å². The number of nitrogens with zero attached hydrogens (tertiary/aromatic N) is 2. The van der Waals surface area contributed by atoms with Crippen LogP contribution in [0.2, 0.25) is 0 Å². The molecule has 0 saturated heterocycles. The number of hydrogen-bond acceptors (Lipinski definition) is 6. The number of methoxy groups -OCH3 is 1. The summed E-state index contributed by atoms with van der Waals surface area (Å²) in [6.07, 6.45) is 1.93. The fraction of sp³-hybridized carbons (Fsp3) is 0.542. The Morgan fingerprint density at radius 2 is 2.25 bits per heavy atom. The van der Waals surface area contributed by atoms with E-state index in [-0.39, 0.29) is 30.9 Å². The number of carbonyl (C=O) groups is 1. The highest BCUT2D eigenvalue weighted by Gasteiger charge is 2.33. The summed E-state index contributed by atoms with van der Waals surface area (Å²) in [6, 6.07) is 7.87. The highest BCUT2D eigenvalue weighted by Crippen LogP contribution is 2.34. The maximum absolute atomic E-state index is 13.6. The van der Waals surface area contributed by atoms with E-state index in [2.05, 4.69) is 0 Å². The second-order valence-corrected chi connectivity index (χ2v) is 9.09. The Balaban J connectivity index is 1.71. The van der Waals surface area contributed by atoms with Gasteiger partial charge in [-0.3, -0.25) is 9.69 Å². The molecule has 2 atom stereocenters. The molecule has 2 aromatic rings. The average molecular weight is 465 g/mol. The van der Waals surface area contributed by atoms with Crippen molar-refractivity contribution in [2.45, 2.75) is 38.3 Å². The normalized spacial score (nSPS) is 16.8. The summed E-state index contributed by atoms with van der Waals surface area (Å²) in [4.78, 5) is 18.4. The molecule has 0 fully saturated rings. The molecular weight excluding hydrogens is 431 g/mol. The van der Waals surface area contributed by atoms with Gasteiger partial charge in [-0.1, -0.05) is 19.4 Å². The summed E-state index contributed by atoms with van der Waals surface area (Å²) >= 11 is 1.69. The van der Waals surface area contributed by atoms with Gasteiger partial charge in [0.1, 0.15) is 18.2 Å². The third-order valence-corrected chi connectivity index (χ3v) is 6.68. The zero-order chi connectivity index (χ0) is 22.9. The highest BCUT2D eigenvalue weighted by atomic mass is 32.1. The van der Waals surface area contributed by atoms with Crippen molar-refractivity contribution in [3.63, 3.8) is 0 Å². The van der Waals surface area contributed by atoms with Gasteiger partial charge in [0.2, 0.25) is 5.91 Å². The van der Waals surface area contributed by atoms with Crippen LogP contribution in [-0.4, -0.2) is 73.4 Å². The van der Waals surface area contributed by atoms with Crippen molar-refractivity contribution in [2.75, 3.05) is 46.5 Å². The molecule has 1 N–H and O–H groups in total. The minimum Gasteiger partial charge on any atom is -0.491 e. The molecular formula is C24H33FN2O4S. The van der Waals surface area contributed by atoms with E-state index in [0.29, 0.717) is 38.4 Å². The van der Waals surface area contributed by atoms with E-state index in [1.165, 1.54) is 17.0 Å². The topological polar surface area (TPSA) is 62.2 Å². The fourth-order valence-electron chi connectivity index (χ4n) is 4.07. The lowest BCUT2D eigenvalue weighted by atomic mass is 10.0. The smallest absolute Gasteiger partial charge is 0.237 e. The van der Waals surface area contributed by atoms with E-state index in [4.69, 9.17) is 9.47 Å². The van der Waals surface area contributed by atoms with Crippen LogP contribution in [0.25, 0.3) is 0 Å². The van der Waals surface area contributed by atoms with Crippen LogP contribution in [0.5, 0.6) is 5.75 Å². The molecule has 2 unspecified atom stereocenters. The number of halogens is 1. The molecule has 1 aliphatic heterocycles. The second kappa shape index (κ2) is 12.3. The molecule has 0 saturated carbocycles. The number of thiophene rings is 1. The first kappa shape index (κ1) is 24.6. The molecule has 1 amide bonds. The molecule has 1 aromatic carbocycles. The third kappa shape index (κ3) is 6.75. The standard InChI is InChI=1S/C24H33FN2O4S/c1-3-5-19(28)15-26(11-12-30-2)16-24(29)27-10-8-23-21(9-13-32-23)22(27)17-31-20-7-4-6-18(25)14-20/h4,6-7,9,13-14,19,22,28H,3,5,8,10-12,15-17H2,1-2H3. The van der Waals surface area contributed by atoms with Crippen molar-refractivity contribution in [1.82, 2.24) is 9.80 Å². The summed E-state index contributed by atoms with van der Waals surface area (Å²) < 4.78 is 24.6. The van der Waals surface area contributed by atoms with Crippen molar-refractivity contribution in [3.8, 4) is 5.75 Å². The van der Waals surface area contributed by atoms with Gasteiger partial charge in [-0.2, -0.15) is 0 Å². The van der Waals surface area contributed by atoms with Crippen molar-refractivity contribution in [1.29, 1.82) is 0 Å². The molecule has 0 bridgehead atoms. The lowest BCUT2D eigenvalue weighted by molar-refractivity contribution is -0.136. The molecule has 176 valence electrons. The van der Waals surface area contributed by atoms with Crippen LogP contribution in [0, 0.1) is 5.82 Å². The van der Waals surface area contributed by atoms with E-state index in [9.17, 15) is 14.3 Å². The second-order valence-electron chi connectivity index (χ2n) is 8.09. The molecule has 0 aliphatic carbocycles. The van der Waals surface area contributed by atoms with E-state index in [1.54, 1.807) is 30.6 Å².